The fraction of sp³-hybridized carbons (Fsp3) is 0.0455. The number of ether oxygens (including phenoxy) is 1. The number of aliphatic imine (C=N–C) groups is 2. The van der Waals surface area contributed by atoms with Crippen molar-refractivity contribution in [3.8, 4) is 11.5 Å². The number of benzene rings is 3. The van der Waals surface area contributed by atoms with E-state index in [9.17, 15) is 13.6 Å². The van der Waals surface area contributed by atoms with Crippen LogP contribution in [0.4, 0.5) is 36.3 Å². The second-order valence-electron chi connectivity index (χ2n) is 6.03. The van der Waals surface area contributed by atoms with E-state index in [-0.39, 0.29) is 17.1 Å². The summed E-state index contributed by atoms with van der Waals surface area (Å²) in [5.41, 5.74) is 1.65. The highest BCUT2D eigenvalue weighted by Gasteiger charge is 2.10. The SMILES string of the molecule is C=Nc1cc(Oc2cc(NC(=O)Nc3cccc(F)c3)ccc2F)ccc1/N=C\C. The fourth-order valence-electron chi connectivity index (χ4n) is 2.59. The van der Waals surface area contributed by atoms with Gasteiger partial charge in [-0.2, -0.15) is 0 Å². The number of carbonyl (C=O) groups is 1. The van der Waals surface area contributed by atoms with Crippen LogP contribution in [0.25, 0.3) is 0 Å². The lowest BCUT2D eigenvalue weighted by Gasteiger charge is -2.12. The molecule has 8 heteroatoms. The molecular weight excluding hydrogens is 390 g/mol. The van der Waals surface area contributed by atoms with Crippen molar-refractivity contribution in [2.24, 2.45) is 9.98 Å². The summed E-state index contributed by atoms with van der Waals surface area (Å²) in [5, 5.41) is 5.04. The first-order valence-corrected chi connectivity index (χ1v) is 8.89. The number of halogens is 2. The summed E-state index contributed by atoms with van der Waals surface area (Å²) in [5.74, 6) is -0.864. The third kappa shape index (κ3) is 5.26. The van der Waals surface area contributed by atoms with E-state index in [2.05, 4.69) is 27.3 Å². The Bertz CT molecular complexity index is 1120. The standard InChI is InChI=1S/C22H18F2N4O2/c1-3-26-19-10-8-17(13-20(19)25-2)30-21-12-16(7-9-18(21)24)28-22(29)27-15-6-4-5-14(23)11-15/h3-13H,2H2,1H3,(H2,27,28,29)/b26-3-. The molecule has 0 saturated carbocycles. The molecule has 0 aliphatic carbocycles. The lowest BCUT2D eigenvalue weighted by molar-refractivity contribution is 0.262. The molecule has 0 atom stereocenters. The van der Waals surface area contributed by atoms with Crippen molar-refractivity contribution in [2.75, 3.05) is 10.6 Å². The molecular formula is C22H18F2N4O2. The molecule has 0 aliphatic heterocycles. The fourth-order valence-corrected chi connectivity index (χ4v) is 2.59. The molecule has 6 nitrogen and oxygen atoms in total. The molecule has 0 unspecified atom stereocenters. The van der Waals surface area contributed by atoms with E-state index in [1.807, 2.05) is 0 Å². The molecule has 3 aromatic rings. The number of hydrogen-bond donors (Lipinski definition) is 2. The molecule has 2 amide bonds. The Morgan fingerprint density at radius 1 is 1.00 bits per heavy atom. The van der Waals surface area contributed by atoms with Gasteiger partial charge < -0.3 is 15.4 Å². The van der Waals surface area contributed by atoms with Gasteiger partial charge in [0.1, 0.15) is 11.6 Å². The number of urea groups is 1. The zero-order valence-electron chi connectivity index (χ0n) is 16.0. The number of anilines is 2. The number of hydrogen-bond acceptors (Lipinski definition) is 4. The molecule has 0 saturated heterocycles. The molecule has 0 spiro atoms. The Morgan fingerprint density at radius 3 is 2.47 bits per heavy atom. The zero-order chi connectivity index (χ0) is 21.5. The van der Waals surface area contributed by atoms with Gasteiger partial charge in [-0.15, -0.1) is 0 Å². The highest BCUT2D eigenvalue weighted by Crippen LogP contribution is 2.34. The average Bonchev–Trinajstić information content (AvgIpc) is 2.71. The van der Waals surface area contributed by atoms with Crippen molar-refractivity contribution in [1.29, 1.82) is 0 Å². The van der Waals surface area contributed by atoms with Crippen LogP contribution < -0.4 is 15.4 Å². The summed E-state index contributed by atoms with van der Waals surface area (Å²) in [6.07, 6.45) is 1.62. The largest absolute Gasteiger partial charge is 0.454 e. The first-order chi connectivity index (χ1) is 14.5. The van der Waals surface area contributed by atoms with E-state index in [4.69, 9.17) is 4.74 Å². The van der Waals surface area contributed by atoms with Gasteiger partial charge in [-0.05, 0) is 56.1 Å². The summed E-state index contributed by atoms with van der Waals surface area (Å²) < 4.78 is 33.0. The van der Waals surface area contributed by atoms with Crippen molar-refractivity contribution in [3.63, 3.8) is 0 Å². The molecule has 0 heterocycles. The van der Waals surface area contributed by atoms with Crippen molar-refractivity contribution >= 4 is 41.7 Å². The average molecular weight is 408 g/mol. The summed E-state index contributed by atoms with van der Waals surface area (Å²) in [4.78, 5) is 20.2. The molecule has 152 valence electrons. The van der Waals surface area contributed by atoms with Gasteiger partial charge in [0, 0.05) is 29.7 Å². The second-order valence-corrected chi connectivity index (χ2v) is 6.03. The van der Waals surface area contributed by atoms with Gasteiger partial charge in [0.15, 0.2) is 11.6 Å². The van der Waals surface area contributed by atoms with Crippen molar-refractivity contribution in [2.45, 2.75) is 6.92 Å². The Labute approximate surface area is 172 Å². The molecule has 0 bridgehead atoms. The minimum Gasteiger partial charge on any atom is -0.454 e. The van der Waals surface area contributed by atoms with Gasteiger partial charge in [0.05, 0.1) is 11.4 Å². The number of nitrogens with zero attached hydrogens (tertiary/aromatic N) is 2. The van der Waals surface area contributed by atoms with E-state index in [0.29, 0.717) is 17.1 Å². The van der Waals surface area contributed by atoms with Crippen molar-refractivity contribution < 1.29 is 18.3 Å². The van der Waals surface area contributed by atoms with E-state index in [1.165, 1.54) is 30.3 Å². The second kappa shape index (κ2) is 9.42. The normalized spacial score (nSPS) is 10.6. The third-order valence-electron chi connectivity index (χ3n) is 3.88. The van der Waals surface area contributed by atoms with Crippen LogP contribution in [0.5, 0.6) is 11.5 Å². The highest BCUT2D eigenvalue weighted by molar-refractivity contribution is 5.99. The molecule has 2 N–H and O–H groups in total. The zero-order valence-corrected chi connectivity index (χ0v) is 16.0. The number of nitrogens with one attached hydrogen (secondary N) is 2. The smallest absolute Gasteiger partial charge is 0.323 e. The number of amides is 2. The summed E-state index contributed by atoms with van der Waals surface area (Å²) in [6, 6.07) is 13.6. The van der Waals surface area contributed by atoms with Gasteiger partial charge in [0.25, 0.3) is 0 Å². The predicted octanol–water partition coefficient (Wildman–Crippen LogP) is 6.46. The van der Waals surface area contributed by atoms with E-state index in [0.717, 1.165) is 6.07 Å². The first-order valence-electron chi connectivity index (χ1n) is 8.89. The van der Waals surface area contributed by atoms with E-state index < -0.39 is 17.7 Å². The van der Waals surface area contributed by atoms with Crippen LogP contribution in [0.2, 0.25) is 0 Å². The van der Waals surface area contributed by atoms with Gasteiger partial charge >= 0.3 is 6.03 Å². The monoisotopic (exact) mass is 408 g/mol. The first kappa shape index (κ1) is 20.7. The predicted molar refractivity (Wildman–Crippen MR) is 115 cm³/mol. The summed E-state index contributed by atoms with van der Waals surface area (Å²) >= 11 is 0. The van der Waals surface area contributed by atoms with E-state index in [1.54, 1.807) is 37.4 Å². The Morgan fingerprint density at radius 2 is 1.77 bits per heavy atom. The van der Waals surface area contributed by atoms with Gasteiger partial charge in [-0.3, -0.25) is 9.98 Å². The summed E-state index contributed by atoms with van der Waals surface area (Å²) in [7, 11) is 0. The topological polar surface area (TPSA) is 75.1 Å². The van der Waals surface area contributed by atoms with Crippen LogP contribution in [-0.2, 0) is 0 Å². The maximum Gasteiger partial charge on any atom is 0.323 e. The molecule has 0 fully saturated rings. The maximum atomic E-state index is 14.2. The van der Waals surface area contributed by atoms with Crippen LogP contribution in [0, 0.1) is 11.6 Å². The maximum absolute atomic E-state index is 14.2. The van der Waals surface area contributed by atoms with Crippen LogP contribution in [0.3, 0.4) is 0 Å². The Kier molecular flexibility index (Phi) is 6.49. The quantitative estimate of drug-likeness (QED) is 0.460. The minimum atomic E-state index is -0.616. The Balaban J connectivity index is 1.75. The Hall–Kier alpha value is -4.07. The van der Waals surface area contributed by atoms with Crippen LogP contribution in [0.15, 0.2) is 70.6 Å². The van der Waals surface area contributed by atoms with Crippen LogP contribution >= 0.6 is 0 Å². The van der Waals surface area contributed by atoms with Gasteiger partial charge in [-0.25, -0.2) is 13.6 Å². The van der Waals surface area contributed by atoms with E-state index >= 15 is 0 Å². The van der Waals surface area contributed by atoms with Crippen LogP contribution in [-0.4, -0.2) is 19.0 Å². The highest BCUT2D eigenvalue weighted by atomic mass is 19.1. The molecule has 0 aromatic heterocycles. The lowest BCUT2D eigenvalue weighted by atomic mass is 10.2. The van der Waals surface area contributed by atoms with Crippen molar-refractivity contribution in [3.05, 3.63) is 72.3 Å². The third-order valence-corrected chi connectivity index (χ3v) is 3.88. The molecule has 0 radical (unpaired) electrons. The molecule has 0 aliphatic rings. The van der Waals surface area contributed by atoms with Crippen molar-refractivity contribution in [1.82, 2.24) is 0 Å². The lowest BCUT2D eigenvalue weighted by Crippen LogP contribution is -2.19. The van der Waals surface area contributed by atoms with Gasteiger partial charge in [0.2, 0.25) is 0 Å². The van der Waals surface area contributed by atoms with Crippen LogP contribution in [0.1, 0.15) is 6.92 Å². The number of carbonyl (C=O) groups excluding carboxylic acids is 1. The minimum absolute atomic E-state index is 0.0969. The van der Waals surface area contributed by atoms with Gasteiger partial charge in [-0.1, -0.05) is 6.07 Å². The number of rotatable bonds is 6. The summed E-state index contributed by atoms with van der Waals surface area (Å²) in [6.45, 7) is 5.27. The molecule has 3 aromatic carbocycles. The molecule has 30 heavy (non-hydrogen) atoms. The molecule has 3 rings (SSSR count).